The van der Waals surface area contributed by atoms with Gasteiger partial charge in [-0.1, -0.05) is 0 Å². The van der Waals surface area contributed by atoms with Crippen LogP contribution in [0.3, 0.4) is 0 Å². The number of imidazole rings is 1. The first kappa shape index (κ1) is 12.2. The third-order valence-electron chi connectivity index (χ3n) is 2.55. The predicted octanol–water partition coefficient (Wildman–Crippen LogP) is 0.319. The number of fused-ring (bicyclic) bond motifs is 1. The molecule has 3 N–H and O–H groups in total. The molecule has 0 aliphatic rings. The van der Waals surface area contributed by atoms with Crippen LogP contribution in [0.2, 0.25) is 0 Å². The number of nitrogens with zero attached hydrogens (tertiary/aromatic N) is 3. The molecule has 2 aromatic rings. The molecule has 0 spiro atoms. The van der Waals surface area contributed by atoms with Gasteiger partial charge in [-0.3, -0.25) is 4.79 Å². The Balaban J connectivity index is 2.15. The Hall–Kier alpha value is -2.31. The summed E-state index contributed by atoms with van der Waals surface area (Å²) in [5.41, 5.74) is 0.742. The van der Waals surface area contributed by atoms with Crippen molar-refractivity contribution in [3.05, 3.63) is 18.6 Å². The van der Waals surface area contributed by atoms with Crippen LogP contribution in [0.1, 0.15) is 6.42 Å². The molecule has 7 heteroatoms. The van der Waals surface area contributed by atoms with Gasteiger partial charge in [0.1, 0.15) is 5.82 Å². The summed E-state index contributed by atoms with van der Waals surface area (Å²) in [6, 6.07) is 0. The van der Waals surface area contributed by atoms with Gasteiger partial charge in [0.25, 0.3) is 0 Å². The minimum Gasteiger partial charge on any atom is -0.372 e. The highest BCUT2D eigenvalue weighted by Crippen LogP contribution is 2.15. The molecule has 0 aliphatic carbocycles. The first-order valence-electron chi connectivity index (χ1n) is 5.70. The molecule has 0 aromatic carbocycles. The van der Waals surface area contributed by atoms with Crippen LogP contribution in [0.25, 0.3) is 5.65 Å². The normalized spacial score (nSPS) is 10.3. The molecule has 0 radical (unpaired) electrons. The van der Waals surface area contributed by atoms with Gasteiger partial charge in [-0.2, -0.15) is 0 Å². The molecular formula is C11H16N6O. The van der Waals surface area contributed by atoms with Crippen molar-refractivity contribution in [1.82, 2.24) is 19.7 Å². The molecular weight excluding hydrogens is 232 g/mol. The molecule has 0 fully saturated rings. The Morgan fingerprint density at radius 2 is 2.28 bits per heavy atom. The summed E-state index contributed by atoms with van der Waals surface area (Å²) < 4.78 is 1.88. The molecule has 18 heavy (non-hydrogen) atoms. The van der Waals surface area contributed by atoms with Crippen molar-refractivity contribution >= 4 is 23.2 Å². The van der Waals surface area contributed by atoms with Gasteiger partial charge < -0.3 is 20.4 Å². The molecule has 96 valence electrons. The van der Waals surface area contributed by atoms with Crippen molar-refractivity contribution < 1.29 is 4.79 Å². The first-order chi connectivity index (χ1) is 8.74. The topological polar surface area (TPSA) is 83.3 Å². The number of nitrogens with one attached hydrogen (secondary N) is 3. The highest BCUT2D eigenvalue weighted by atomic mass is 16.1. The lowest BCUT2D eigenvalue weighted by atomic mass is 10.4. The fraction of sp³-hybridized carbons (Fsp3) is 0.364. The molecule has 0 unspecified atom stereocenters. The standard InChI is InChI=1S/C11H16N6O/c1-12-8-7-17-6-5-15-11(17)10(16-8)14-4-3-9(18)13-2/h5-7,12H,3-4H2,1-2H3,(H,13,18)(H,14,16). The van der Waals surface area contributed by atoms with Gasteiger partial charge in [-0.05, 0) is 0 Å². The Labute approximate surface area is 105 Å². The quantitative estimate of drug-likeness (QED) is 0.709. The maximum atomic E-state index is 11.1. The molecule has 0 bridgehead atoms. The van der Waals surface area contributed by atoms with Crippen LogP contribution in [-0.4, -0.2) is 40.9 Å². The van der Waals surface area contributed by atoms with Crippen molar-refractivity contribution in [2.24, 2.45) is 0 Å². The van der Waals surface area contributed by atoms with E-state index in [1.165, 1.54) is 0 Å². The van der Waals surface area contributed by atoms with Crippen LogP contribution in [0.5, 0.6) is 0 Å². The summed E-state index contributed by atoms with van der Waals surface area (Å²) in [6.07, 6.45) is 5.81. The van der Waals surface area contributed by atoms with Crippen molar-refractivity contribution in [3.8, 4) is 0 Å². The van der Waals surface area contributed by atoms with E-state index in [0.717, 1.165) is 11.5 Å². The smallest absolute Gasteiger partial charge is 0.221 e. The molecule has 2 rings (SSSR count). The van der Waals surface area contributed by atoms with Gasteiger partial charge in [0.05, 0.1) is 6.20 Å². The molecule has 0 aliphatic heterocycles. The lowest BCUT2D eigenvalue weighted by molar-refractivity contribution is -0.120. The average Bonchev–Trinajstić information content (AvgIpc) is 2.86. The molecule has 7 nitrogen and oxygen atoms in total. The van der Waals surface area contributed by atoms with Gasteiger partial charge in [0.2, 0.25) is 5.91 Å². The Kier molecular flexibility index (Phi) is 3.61. The Morgan fingerprint density at radius 1 is 1.44 bits per heavy atom. The number of hydrogen-bond acceptors (Lipinski definition) is 5. The highest BCUT2D eigenvalue weighted by Gasteiger charge is 2.07. The second-order valence-corrected chi connectivity index (χ2v) is 3.73. The zero-order valence-corrected chi connectivity index (χ0v) is 10.4. The Bertz CT molecular complexity index is 549. The maximum absolute atomic E-state index is 11.1. The first-order valence-corrected chi connectivity index (χ1v) is 5.70. The number of amides is 1. The van der Waals surface area contributed by atoms with Gasteiger partial charge in [-0.15, -0.1) is 0 Å². The van der Waals surface area contributed by atoms with Crippen molar-refractivity contribution in [3.63, 3.8) is 0 Å². The van der Waals surface area contributed by atoms with E-state index in [9.17, 15) is 4.79 Å². The maximum Gasteiger partial charge on any atom is 0.221 e. The van der Waals surface area contributed by atoms with Crippen LogP contribution in [-0.2, 0) is 4.79 Å². The monoisotopic (exact) mass is 248 g/mol. The third kappa shape index (κ3) is 2.50. The predicted molar refractivity (Wildman–Crippen MR) is 69.7 cm³/mol. The summed E-state index contributed by atoms with van der Waals surface area (Å²) in [5.74, 6) is 1.39. The van der Waals surface area contributed by atoms with Gasteiger partial charge in [-0.25, -0.2) is 9.97 Å². The van der Waals surface area contributed by atoms with E-state index in [4.69, 9.17) is 0 Å². The fourth-order valence-corrected chi connectivity index (χ4v) is 1.59. The van der Waals surface area contributed by atoms with Crippen LogP contribution in [0.15, 0.2) is 18.6 Å². The summed E-state index contributed by atoms with van der Waals surface area (Å²) in [5, 5.41) is 8.67. The summed E-state index contributed by atoms with van der Waals surface area (Å²) in [4.78, 5) is 19.7. The molecule has 0 atom stereocenters. The lowest BCUT2D eigenvalue weighted by Crippen LogP contribution is -2.21. The summed E-state index contributed by atoms with van der Waals surface area (Å²) in [6.45, 7) is 0.516. The van der Waals surface area contributed by atoms with Crippen LogP contribution in [0.4, 0.5) is 11.6 Å². The van der Waals surface area contributed by atoms with E-state index < -0.39 is 0 Å². The summed E-state index contributed by atoms with van der Waals surface area (Å²) in [7, 11) is 3.43. The number of hydrogen-bond donors (Lipinski definition) is 3. The van der Waals surface area contributed by atoms with Gasteiger partial charge in [0.15, 0.2) is 11.5 Å². The summed E-state index contributed by atoms with van der Waals surface area (Å²) >= 11 is 0. The average molecular weight is 248 g/mol. The van der Waals surface area contributed by atoms with Crippen LogP contribution < -0.4 is 16.0 Å². The zero-order valence-electron chi connectivity index (χ0n) is 10.4. The lowest BCUT2D eigenvalue weighted by Gasteiger charge is -2.08. The third-order valence-corrected chi connectivity index (χ3v) is 2.55. The second kappa shape index (κ2) is 5.35. The van der Waals surface area contributed by atoms with E-state index in [1.54, 1.807) is 20.3 Å². The largest absolute Gasteiger partial charge is 0.372 e. The molecule has 1 amide bonds. The number of aromatic nitrogens is 3. The molecule has 2 aromatic heterocycles. The van der Waals surface area contributed by atoms with Crippen LogP contribution in [0, 0.1) is 0 Å². The van der Waals surface area contributed by atoms with Crippen molar-refractivity contribution in [1.29, 1.82) is 0 Å². The van der Waals surface area contributed by atoms with E-state index in [0.29, 0.717) is 18.8 Å². The highest BCUT2D eigenvalue weighted by molar-refractivity contribution is 5.76. The zero-order chi connectivity index (χ0) is 13.0. The number of carbonyl (C=O) groups is 1. The van der Waals surface area contributed by atoms with Crippen LogP contribution >= 0.6 is 0 Å². The second-order valence-electron chi connectivity index (χ2n) is 3.73. The Morgan fingerprint density at radius 3 is 3.00 bits per heavy atom. The van der Waals surface area contributed by atoms with E-state index in [-0.39, 0.29) is 5.91 Å². The van der Waals surface area contributed by atoms with Gasteiger partial charge in [0, 0.05) is 39.5 Å². The van der Waals surface area contributed by atoms with Crippen molar-refractivity contribution in [2.45, 2.75) is 6.42 Å². The van der Waals surface area contributed by atoms with E-state index in [1.807, 2.05) is 16.8 Å². The minimum absolute atomic E-state index is 0.00775. The van der Waals surface area contributed by atoms with Gasteiger partial charge >= 0.3 is 0 Å². The van der Waals surface area contributed by atoms with E-state index in [2.05, 4.69) is 25.9 Å². The number of rotatable bonds is 5. The molecule has 0 saturated carbocycles. The van der Waals surface area contributed by atoms with E-state index >= 15 is 0 Å². The molecule has 2 heterocycles. The SMILES string of the molecule is CNC(=O)CCNc1nc(NC)cn2ccnc12. The molecule has 0 saturated heterocycles. The fourth-order valence-electron chi connectivity index (χ4n) is 1.59. The van der Waals surface area contributed by atoms with Crippen molar-refractivity contribution in [2.75, 3.05) is 31.3 Å². The number of carbonyl (C=O) groups excluding carboxylic acids is 1. The minimum atomic E-state index is -0.00775. The number of anilines is 2.